The number of hydrogen-bond donors (Lipinski definition) is 2. The molecule has 2 atom stereocenters. The molecule has 1 fully saturated rings. The summed E-state index contributed by atoms with van der Waals surface area (Å²) >= 11 is 5.09. The minimum absolute atomic E-state index is 0. The van der Waals surface area contributed by atoms with E-state index in [2.05, 4.69) is 48.5 Å². The van der Waals surface area contributed by atoms with Crippen molar-refractivity contribution in [2.75, 3.05) is 0 Å². The average Bonchev–Trinajstić information content (AvgIpc) is 3.71. The van der Waals surface area contributed by atoms with Crippen LogP contribution in [0.25, 0.3) is 23.1 Å². The van der Waals surface area contributed by atoms with Crippen LogP contribution in [0, 0.1) is 5.41 Å². The number of pyridine rings is 1. The van der Waals surface area contributed by atoms with E-state index in [-0.39, 0.29) is 52.6 Å². The number of thiol groups is 1. The summed E-state index contributed by atoms with van der Waals surface area (Å²) in [4.78, 5) is 16.4. The molecule has 3 aromatic carbocycles. The van der Waals surface area contributed by atoms with Crippen LogP contribution >= 0.6 is 12.6 Å². The first-order valence-corrected chi connectivity index (χ1v) is 14.5. The van der Waals surface area contributed by atoms with Gasteiger partial charge in [-0.2, -0.15) is 12.6 Å². The Labute approximate surface area is 270 Å². The Morgan fingerprint density at radius 1 is 1.02 bits per heavy atom. The predicted octanol–water partition coefficient (Wildman–Crippen LogP) is 3.57. The van der Waals surface area contributed by atoms with Crippen LogP contribution in [0.4, 0.5) is 0 Å². The number of para-hydroxylation sites is 1. The number of aliphatic hydroxyl groups is 1. The van der Waals surface area contributed by atoms with Crippen molar-refractivity contribution in [2.24, 2.45) is 5.41 Å². The molecule has 0 aliphatic heterocycles. The van der Waals surface area contributed by atoms with E-state index in [0.717, 1.165) is 64.5 Å². The fourth-order valence-corrected chi connectivity index (χ4v) is 6.53. The van der Waals surface area contributed by atoms with E-state index >= 15 is 0 Å². The summed E-state index contributed by atoms with van der Waals surface area (Å²) in [6.45, 7) is 3.62. The molecule has 0 radical (unpaired) electrons. The molecule has 0 spiro atoms. The van der Waals surface area contributed by atoms with Gasteiger partial charge in [0.15, 0.2) is 0 Å². The van der Waals surface area contributed by atoms with Crippen molar-refractivity contribution in [3.63, 3.8) is 0 Å². The van der Waals surface area contributed by atoms with Gasteiger partial charge in [-0.25, -0.2) is 4.98 Å². The summed E-state index contributed by atoms with van der Waals surface area (Å²) in [6.07, 6.45) is 7.36. The third kappa shape index (κ3) is 7.71. The van der Waals surface area contributed by atoms with E-state index in [4.69, 9.17) is 17.6 Å². The second-order valence-electron chi connectivity index (χ2n) is 11.6. The minimum atomic E-state index is -1.01. The van der Waals surface area contributed by atoms with Crippen LogP contribution in [0.5, 0.6) is 0 Å². The average molecular weight is 574 g/mol. The van der Waals surface area contributed by atoms with Crippen LogP contribution in [0.15, 0.2) is 84.9 Å². The van der Waals surface area contributed by atoms with E-state index < -0.39 is 11.6 Å². The molecule has 206 valence electrons. The molecule has 1 aliphatic rings. The molecule has 5 rings (SSSR count). The third-order valence-electron chi connectivity index (χ3n) is 8.20. The molecular formula is C35H36NNaO3S. The number of carbonyl (C=O) groups is 1. The third-order valence-corrected chi connectivity index (χ3v) is 9.11. The summed E-state index contributed by atoms with van der Waals surface area (Å²) in [5.74, 6) is -0.977. The van der Waals surface area contributed by atoms with Crippen LogP contribution in [-0.4, -0.2) is 21.3 Å². The predicted molar refractivity (Wildman–Crippen MR) is 164 cm³/mol. The number of rotatable bonds is 11. The van der Waals surface area contributed by atoms with Gasteiger partial charge in [-0.15, -0.1) is 0 Å². The van der Waals surface area contributed by atoms with E-state index in [1.807, 2.05) is 62.4 Å². The maximum Gasteiger partial charge on any atom is 1.00 e. The molecule has 1 N–H and O–H groups in total. The van der Waals surface area contributed by atoms with Crippen molar-refractivity contribution in [2.45, 2.75) is 62.7 Å². The first-order chi connectivity index (χ1) is 19.1. The zero-order valence-corrected chi connectivity index (χ0v) is 27.0. The Morgan fingerprint density at radius 2 is 1.76 bits per heavy atom. The van der Waals surface area contributed by atoms with Crippen LogP contribution < -0.4 is 34.7 Å². The van der Waals surface area contributed by atoms with Gasteiger partial charge in [0.2, 0.25) is 0 Å². The summed E-state index contributed by atoms with van der Waals surface area (Å²) in [6, 6.07) is 28.6. The van der Waals surface area contributed by atoms with E-state index in [9.17, 15) is 15.0 Å². The number of fused-ring (bicyclic) bond motifs is 1. The first-order valence-electron chi connectivity index (χ1n) is 14.0. The number of aromatic nitrogens is 1. The van der Waals surface area contributed by atoms with Gasteiger partial charge in [-0.1, -0.05) is 78.9 Å². The zero-order valence-electron chi connectivity index (χ0n) is 24.1. The fourth-order valence-electron chi connectivity index (χ4n) is 5.85. The van der Waals surface area contributed by atoms with Gasteiger partial charge in [-0.3, -0.25) is 0 Å². The van der Waals surface area contributed by atoms with Gasteiger partial charge >= 0.3 is 29.6 Å². The molecule has 1 saturated carbocycles. The molecule has 0 amide bonds. The monoisotopic (exact) mass is 573 g/mol. The molecule has 4 nitrogen and oxygen atoms in total. The van der Waals surface area contributed by atoms with E-state index in [1.54, 1.807) is 0 Å². The molecule has 1 aliphatic carbocycles. The number of carboxylic acids is 1. The number of nitrogens with zero attached hydrogens (tertiary/aromatic N) is 1. The molecule has 1 aromatic heterocycles. The minimum Gasteiger partial charge on any atom is -0.550 e. The second-order valence-corrected chi connectivity index (χ2v) is 12.2. The molecule has 6 heteroatoms. The molecule has 4 aromatic rings. The maximum atomic E-state index is 11.6. The summed E-state index contributed by atoms with van der Waals surface area (Å²) in [5.41, 5.74) is 4.78. The SMILES string of the molecule is CC(C)(O)c1ccccc1CC[C@H](c1cccc(/C=C/c2ccc3ccccc3n2)c1)C(S)C1(CC(=O)[O-])CC1.[Na+]. The van der Waals surface area contributed by atoms with Gasteiger partial charge in [0, 0.05) is 16.6 Å². The normalized spacial score (nSPS) is 15.8. The largest absolute Gasteiger partial charge is 1.00 e. The van der Waals surface area contributed by atoms with Crippen LogP contribution in [0.3, 0.4) is 0 Å². The van der Waals surface area contributed by atoms with Crippen LogP contribution in [0.1, 0.15) is 73.4 Å². The quantitative estimate of drug-likeness (QED) is 0.213. The van der Waals surface area contributed by atoms with Crippen molar-refractivity contribution in [1.82, 2.24) is 4.98 Å². The van der Waals surface area contributed by atoms with Gasteiger partial charge in [0.25, 0.3) is 0 Å². The van der Waals surface area contributed by atoms with Crippen molar-refractivity contribution in [3.05, 3.63) is 113 Å². The van der Waals surface area contributed by atoms with Crippen molar-refractivity contribution in [1.29, 1.82) is 0 Å². The number of benzene rings is 3. The second kappa shape index (κ2) is 13.3. The summed E-state index contributed by atoms with van der Waals surface area (Å²) in [5, 5.41) is 23.4. The molecule has 41 heavy (non-hydrogen) atoms. The van der Waals surface area contributed by atoms with Crippen LogP contribution in [0.2, 0.25) is 0 Å². The Balaban J connectivity index is 0.00000387. The van der Waals surface area contributed by atoms with Gasteiger partial charge in [0.1, 0.15) is 0 Å². The molecule has 0 bridgehead atoms. The maximum absolute atomic E-state index is 11.6. The van der Waals surface area contributed by atoms with Gasteiger partial charge in [0.05, 0.1) is 16.8 Å². The van der Waals surface area contributed by atoms with Gasteiger partial charge < -0.3 is 15.0 Å². The van der Waals surface area contributed by atoms with E-state index in [1.165, 1.54) is 0 Å². The van der Waals surface area contributed by atoms with E-state index in [0.29, 0.717) is 0 Å². The fraction of sp³-hybridized carbons (Fsp3) is 0.314. The molecule has 0 saturated heterocycles. The van der Waals surface area contributed by atoms with Crippen molar-refractivity contribution < 1.29 is 44.6 Å². The Morgan fingerprint density at radius 3 is 2.49 bits per heavy atom. The number of carboxylic acid groups (broad SMARTS) is 1. The summed E-state index contributed by atoms with van der Waals surface area (Å²) < 4.78 is 0. The number of aliphatic carboxylic acids is 1. The topological polar surface area (TPSA) is 73.2 Å². The molecule has 1 unspecified atom stereocenters. The smallest absolute Gasteiger partial charge is 0.550 e. The Bertz CT molecular complexity index is 1540. The number of carbonyl (C=O) groups excluding carboxylic acids is 1. The molecule has 1 heterocycles. The molecular weight excluding hydrogens is 537 g/mol. The number of aryl methyl sites for hydroxylation is 1. The Hall–Kier alpha value is -2.41. The van der Waals surface area contributed by atoms with Crippen LogP contribution in [-0.2, 0) is 16.8 Å². The first kappa shape index (κ1) is 31.5. The Kier molecular flexibility index (Phi) is 10.2. The number of hydrogen-bond acceptors (Lipinski definition) is 5. The van der Waals surface area contributed by atoms with Crippen molar-refractivity contribution in [3.8, 4) is 0 Å². The summed E-state index contributed by atoms with van der Waals surface area (Å²) in [7, 11) is 0. The standard InChI is InChI=1S/C35H37NO3S.Na/c1-34(2,39)30-12-5-3-9-25(30)16-19-29(33(40)35(20-21-35)23-32(37)38)27-11-7-8-24(22-27)14-17-28-18-15-26-10-4-6-13-31(26)36-28;/h3-15,17-18,22,29,33,39-40H,16,19-21,23H2,1-2H3,(H,37,38);/q;+1/p-1/b17-14+;/t29-,33?;/m1./s1. The van der Waals surface area contributed by atoms with Crippen molar-refractivity contribution >= 4 is 41.7 Å². The van der Waals surface area contributed by atoms with Gasteiger partial charge in [-0.05, 0) is 97.7 Å². The zero-order chi connectivity index (χ0) is 28.3.